The van der Waals surface area contributed by atoms with Crippen LogP contribution in [0.4, 0.5) is 0 Å². The average molecular weight is 311 g/mol. The molecule has 2 rings (SSSR count). The SMILES string of the molecule is CCC(N)CC(=O)NCC(c1cccs1)N1CCOCC1. The van der Waals surface area contributed by atoms with E-state index in [1.165, 1.54) is 4.88 Å². The molecule has 2 unspecified atom stereocenters. The third kappa shape index (κ3) is 5.07. The summed E-state index contributed by atoms with van der Waals surface area (Å²) in [5, 5.41) is 5.12. The molecule has 5 nitrogen and oxygen atoms in total. The van der Waals surface area contributed by atoms with Crippen LogP contribution in [0.3, 0.4) is 0 Å². The molecule has 0 spiro atoms. The molecule has 1 saturated heterocycles. The number of thiophene rings is 1. The molecule has 0 radical (unpaired) electrons. The largest absolute Gasteiger partial charge is 0.379 e. The lowest BCUT2D eigenvalue weighted by molar-refractivity contribution is -0.121. The van der Waals surface area contributed by atoms with Crippen LogP contribution in [0.2, 0.25) is 0 Å². The minimum atomic E-state index is -0.0476. The van der Waals surface area contributed by atoms with Crippen molar-refractivity contribution in [3.05, 3.63) is 22.4 Å². The van der Waals surface area contributed by atoms with Crippen LogP contribution in [0.25, 0.3) is 0 Å². The Kier molecular flexibility index (Phi) is 6.63. The molecule has 1 aliphatic rings. The summed E-state index contributed by atoms with van der Waals surface area (Å²) in [7, 11) is 0. The molecule has 21 heavy (non-hydrogen) atoms. The minimum Gasteiger partial charge on any atom is -0.379 e. The fourth-order valence-corrected chi connectivity index (χ4v) is 3.31. The predicted octanol–water partition coefficient (Wildman–Crippen LogP) is 1.36. The van der Waals surface area contributed by atoms with Crippen molar-refractivity contribution in [2.45, 2.75) is 31.8 Å². The van der Waals surface area contributed by atoms with Crippen LogP contribution < -0.4 is 11.1 Å². The van der Waals surface area contributed by atoms with Crippen LogP contribution in [-0.4, -0.2) is 49.7 Å². The fraction of sp³-hybridized carbons (Fsp3) is 0.667. The van der Waals surface area contributed by atoms with Gasteiger partial charge in [0.2, 0.25) is 5.91 Å². The molecule has 2 heterocycles. The van der Waals surface area contributed by atoms with Gasteiger partial charge in [-0.25, -0.2) is 0 Å². The Morgan fingerprint density at radius 2 is 2.29 bits per heavy atom. The van der Waals surface area contributed by atoms with Gasteiger partial charge < -0.3 is 15.8 Å². The zero-order valence-corrected chi connectivity index (χ0v) is 13.4. The summed E-state index contributed by atoms with van der Waals surface area (Å²) in [5.74, 6) is 0.0409. The van der Waals surface area contributed by atoms with Crippen LogP contribution in [0.15, 0.2) is 17.5 Å². The van der Waals surface area contributed by atoms with E-state index in [2.05, 4.69) is 27.7 Å². The Morgan fingerprint density at radius 3 is 2.90 bits per heavy atom. The van der Waals surface area contributed by atoms with Gasteiger partial charge in [-0.1, -0.05) is 13.0 Å². The lowest BCUT2D eigenvalue weighted by atomic mass is 10.1. The summed E-state index contributed by atoms with van der Waals surface area (Å²) < 4.78 is 5.42. The first-order valence-corrected chi connectivity index (χ1v) is 8.46. The molecule has 1 aromatic rings. The van der Waals surface area contributed by atoms with Gasteiger partial charge in [0.1, 0.15) is 0 Å². The Hall–Kier alpha value is -0.950. The molecule has 0 saturated carbocycles. The highest BCUT2D eigenvalue weighted by Crippen LogP contribution is 2.25. The van der Waals surface area contributed by atoms with E-state index in [1.807, 2.05) is 6.92 Å². The van der Waals surface area contributed by atoms with Gasteiger partial charge in [-0.3, -0.25) is 9.69 Å². The van der Waals surface area contributed by atoms with Crippen LogP contribution in [0, 0.1) is 0 Å². The van der Waals surface area contributed by atoms with E-state index in [1.54, 1.807) is 11.3 Å². The van der Waals surface area contributed by atoms with Crippen LogP contribution >= 0.6 is 11.3 Å². The van der Waals surface area contributed by atoms with Crippen molar-refractivity contribution in [1.29, 1.82) is 0 Å². The molecule has 1 aromatic heterocycles. The number of rotatable bonds is 7. The van der Waals surface area contributed by atoms with Crippen molar-refractivity contribution < 1.29 is 9.53 Å². The lowest BCUT2D eigenvalue weighted by Gasteiger charge is -2.34. The van der Waals surface area contributed by atoms with Crippen LogP contribution in [-0.2, 0) is 9.53 Å². The molecule has 1 aliphatic heterocycles. The number of morpholine rings is 1. The summed E-state index contributed by atoms with van der Waals surface area (Å²) >= 11 is 1.74. The number of nitrogens with zero attached hydrogens (tertiary/aromatic N) is 1. The highest BCUT2D eigenvalue weighted by Gasteiger charge is 2.24. The molecule has 118 valence electrons. The van der Waals surface area contributed by atoms with E-state index in [0.717, 1.165) is 32.7 Å². The Labute approximate surface area is 130 Å². The number of hydrogen-bond donors (Lipinski definition) is 2. The third-order valence-corrected chi connectivity index (χ3v) is 4.80. The van der Waals surface area contributed by atoms with Crippen molar-refractivity contribution in [3.63, 3.8) is 0 Å². The minimum absolute atomic E-state index is 0.0409. The van der Waals surface area contributed by atoms with Gasteiger partial charge in [0.05, 0.1) is 19.3 Å². The molecule has 0 bridgehead atoms. The maximum absolute atomic E-state index is 11.9. The fourth-order valence-electron chi connectivity index (χ4n) is 2.44. The standard InChI is InChI=1S/C15H25N3O2S/c1-2-12(16)10-15(19)17-11-13(14-4-3-9-21-14)18-5-7-20-8-6-18/h3-4,9,12-13H,2,5-8,10-11,16H2,1H3,(H,17,19). The number of ether oxygens (including phenoxy) is 1. The smallest absolute Gasteiger partial charge is 0.221 e. The molecular formula is C15H25N3O2S. The predicted molar refractivity (Wildman–Crippen MR) is 85.3 cm³/mol. The van der Waals surface area contributed by atoms with Crippen LogP contribution in [0.5, 0.6) is 0 Å². The number of nitrogens with one attached hydrogen (secondary N) is 1. The Morgan fingerprint density at radius 1 is 1.52 bits per heavy atom. The van der Waals surface area contributed by atoms with Crippen molar-refractivity contribution in [1.82, 2.24) is 10.2 Å². The average Bonchev–Trinajstić information content (AvgIpc) is 3.02. The van der Waals surface area contributed by atoms with Crippen molar-refractivity contribution >= 4 is 17.2 Å². The van der Waals surface area contributed by atoms with Crippen molar-refractivity contribution in [3.8, 4) is 0 Å². The Balaban J connectivity index is 1.91. The second-order valence-corrected chi connectivity index (χ2v) is 6.34. The zero-order chi connectivity index (χ0) is 15.1. The number of carbonyl (C=O) groups is 1. The maximum Gasteiger partial charge on any atom is 0.221 e. The summed E-state index contributed by atoms with van der Waals surface area (Å²) in [6.45, 7) is 5.97. The molecule has 1 amide bonds. The first kappa shape index (κ1) is 16.4. The van der Waals surface area contributed by atoms with Gasteiger partial charge in [-0.05, 0) is 17.9 Å². The molecule has 1 fully saturated rings. The van der Waals surface area contributed by atoms with Gasteiger partial charge in [0.25, 0.3) is 0 Å². The van der Waals surface area contributed by atoms with Gasteiger partial charge >= 0.3 is 0 Å². The van der Waals surface area contributed by atoms with E-state index >= 15 is 0 Å². The number of amides is 1. The molecule has 6 heteroatoms. The normalized spacial score (nSPS) is 19.1. The lowest BCUT2D eigenvalue weighted by Crippen LogP contribution is -2.44. The Bertz CT molecular complexity index is 419. The van der Waals surface area contributed by atoms with Crippen molar-refractivity contribution in [2.75, 3.05) is 32.8 Å². The summed E-state index contributed by atoms with van der Waals surface area (Å²) in [5.41, 5.74) is 5.83. The summed E-state index contributed by atoms with van der Waals surface area (Å²) in [4.78, 5) is 15.6. The number of carbonyl (C=O) groups excluding carboxylic acids is 1. The maximum atomic E-state index is 11.9. The highest BCUT2D eigenvalue weighted by atomic mass is 32.1. The number of nitrogens with two attached hydrogens (primary N) is 1. The van der Waals surface area contributed by atoms with E-state index < -0.39 is 0 Å². The van der Waals surface area contributed by atoms with Crippen molar-refractivity contribution in [2.24, 2.45) is 5.73 Å². The van der Waals surface area contributed by atoms with E-state index in [-0.39, 0.29) is 18.0 Å². The van der Waals surface area contributed by atoms with E-state index in [4.69, 9.17) is 10.5 Å². The third-order valence-electron chi connectivity index (χ3n) is 3.82. The van der Waals surface area contributed by atoms with Gasteiger partial charge in [-0.15, -0.1) is 11.3 Å². The number of hydrogen-bond acceptors (Lipinski definition) is 5. The first-order chi connectivity index (χ1) is 10.2. The second-order valence-electron chi connectivity index (χ2n) is 5.36. The molecule has 0 aliphatic carbocycles. The van der Waals surface area contributed by atoms with E-state index in [9.17, 15) is 4.79 Å². The molecule has 2 atom stereocenters. The highest BCUT2D eigenvalue weighted by molar-refractivity contribution is 7.10. The van der Waals surface area contributed by atoms with Gasteiger partial charge in [0, 0.05) is 37.0 Å². The molecule has 3 N–H and O–H groups in total. The van der Waals surface area contributed by atoms with Crippen LogP contribution in [0.1, 0.15) is 30.7 Å². The topological polar surface area (TPSA) is 67.6 Å². The molecule has 0 aromatic carbocycles. The quantitative estimate of drug-likeness (QED) is 0.798. The van der Waals surface area contributed by atoms with E-state index in [0.29, 0.717) is 13.0 Å². The monoisotopic (exact) mass is 311 g/mol. The first-order valence-electron chi connectivity index (χ1n) is 7.58. The second kappa shape index (κ2) is 8.48. The van der Waals surface area contributed by atoms with Gasteiger partial charge in [0.15, 0.2) is 0 Å². The zero-order valence-electron chi connectivity index (χ0n) is 12.6. The summed E-state index contributed by atoms with van der Waals surface area (Å²) in [6.07, 6.45) is 1.22. The molecular weight excluding hydrogens is 286 g/mol. The summed E-state index contributed by atoms with van der Waals surface area (Å²) in [6, 6.07) is 4.38. The van der Waals surface area contributed by atoms with Gasteiger partial charge in [-0.2, -0.15) is 0 Å².